The topological polar surface area (TPSA) is 156 Å². The fourth-order valence-corrected chi connectivity index (χ4v) is 3.85. The van der Waals surface area contributed by atoms with Gasteiger partial charge in [0.15, 0.2) is 28.5 Å². The van der Waals surface area contributed by atoms with Gasteiger partial charge in [0, 0.05) is 30.7 Å². The average Bonchev–Trinajstić information content (AvgIpc) is 3.19. The minimum Gasteiger partial charge on any atom is -0.504 e. The van der Waals surface area contributed by atoms with Crippen LogP contribution in [0.4, 0.5) is 11.8 Å². The van der Waals surface area contributed by atoms with E-state index in [2.05, 4.69) is 30.9 Å². The van der Waals surface area contributed by atoms with E-state index in [4.69, 9.17) is 10.5 Å². The summed E-state index contributed by atoms with van der Waals surface area (Å²) in [7, 11) is 1.42. The van der Waals surface area contributed by atoms with Gasteiger partial charge in [0.2, 0.25) is 11.7 Å². The summed E-state index contributed by atoms with van der Waals surface area (Å²) in [5.74, 6) is 0.579. The van der Waals surface area contributed by atoms with Gasteiger partial charge in [-0.25, -0.2) is 4.68 Å². The lowest BCUT2D eigenvalue weighted by Crippen LogP contribution is -2.43. The number of aryl methyl sites for hydroxylation is 1. The molecule has 1 aromatic carbocycles. The molecule has 0 amide bonds. The predicted molar refractivity (Wildman–Crippen MR) is 116 cm³/mol. The highest BCUT2D eigenvalue weighted by Gasteiger charge is 2.24. The van der Waals surface area contributed by atoms with Crippen LogP contribution in [0.3, 0.4) is 0 Å². The molecule has 1 aliphatic carbocycles. The maximum atomic E-state index is 10.3. The van der Waals surface area contributed by atoms with Crippen molar-refractivity contribution in [2.75, 3.05) is 17.7 Å². The van der Waals surface area contributed by atoms with Gasteiger partial charge < -0.3 is 31.3 Å². The van der Waals surface area contributed by atoms with Gasteiger partial charge in [0.25, 0.3) is 0 Å². The molecule has 2 atom stereocenters. The van der Waals surface area contributed by atoms with Gasteiger partial charge in [-0.2, -0.15) is 9.97 Å². The quantitative estimate of drug-likeness (QED) is 0.352. The number of benzene rings is 1. The minimum absolute atomic E-state index is 0.0536. The van der Waals surface area contributed by atoms with Crippen molar-refractivity contribution in [1.82, 2.24) is 25.0 Å². The Bertz CT molecular complexity index is 1070. The van der Waals surface area contributed by atoms with E-state index in [-0.39, 0.29) is 35.9 Å². The fourth-order valence-electron chi connectivity index (χ4n) is 3.85. The molecule has 11 heteroatoms. The summed E-state index contributed by atoms with van der Waals surface area (Å²) in [4.78, 5) is 9.22. The van der Waals surface area contributed by atoms with Crippen LogP contribution in [0.25, 0.3) is 11.2 Å². The Hall–Kier alpha value is -3.34. The van der Waals surface area contributed by atoms with E-state index >= 15 is 0 Å². The van der Waals surface area contributed by atoms with Crippen molar-refractivity contribution in [2.45, 2.75) is 57.8 Å². The SMILES string of the molecule is CCn1nnc2c(NCc3ccc(OC)c(O)c3O)nc(NC3CCCCC3N)nc21. The number of phenols is 2. The monoisotopic (exact) mass is 428 g/mol. The molecule has 11 nitrogen and oxygen atoms in total. The first kappa shape index (κ1) is 20.9. The summed E-state index contributed by atoms with van der Waals surface area (Å²) in [5.41, 5.74) is 7.89. The van der Waals surface area contributed by atoms with E-state index in [9.17, 15) is 10.2 Å². The van der Waals surface area contributed by atoms with Crippen molar-refractivity contribution in [3.63, 3.8) is 0 Å². The lowest BCUT2D eigenvalue weighted by Gasteiger charge is -2.29. The molecule has 1 aliphatic rings. The van der Waals surface area contributed by atoms with E-state index in [0.29, 0.717) is 35.0 Å². The molecule has 2 heterocycles. The first-order valence-corrected chi connectivity index (χ1v) is 10.5. The predicted octanol–water partition coefficient (Wildman–Crippen LogP) is 1.95. The van der Waals surface area contributed by atoms with Gasteiger partial charge in [0.05, 0.1) is 7.11 Å². The van der Waals surface area contributed by atoms with Crippen molar-refractivity contribution >= 4 is 22.9 Å². The highest BCUT2D eigenvalue weighted by molar-refractivity contribution is 5.83. The molecule has 31 heavy (non-hydrogen) atoms. The third-order valence-corrected chi connectivity index (χ3v) is 5.66. The zero-order chi connectivity index (χ0) is 22.0. The molecule has 6 N–H and O–H groups in total. The van der Waals surface area contributed by atoms with E-state index < -0.39 is 0 Å². The number of methoxy groups -OCH3 is 1. The second kappa shape index (κ2) is 8.80. The van der Waals surface area contributed by atoms with Crippen LogP contribution >= 0.6 is 0 Å². The van der Waals surface area contributed by atoms with Gasteiger partial charge >= 0.3 is 0 Å². The molecular weight excluding hydrogens is 400 g/mol. The summed E-state index contributed by atoms with van der Waals surface area (Å²) in [6.07, 6.45) is 4.19. The normalized spacial score (nSPS) is 18.8. The minimum atomic E-state index is -0.305. The maximum Gasteiger partial charge on any atom is 0.227 e. The van der Waals surface area contributed by atoms with Gasteiger partial charge in [-0.05, 0) is 31.9 Å². The number of nitrogens with one attached hydrogen (secondary N) is 2. The maximum absolute atomic E-state index is 10.3. The van der Waals surface area contributed by atoms with E-state index in [1.165, 1.54) is 7.11 Å². The van der Waals surface area contributed by atoms with E-state index in [0.717, 1.165) is 25.7 Å². The number of phenolic OH excluding ortho intramolecular Hbond substituents is 2. The van der Waals surface area contributed by atoms with Crippen LogP contribution in [0.15, 0.2) is 12.1 Å². The third-order valence-electron chi connectivity index (χ3n) is 5.66. The van der Waals surface area contributed by atoms with Gasteiger partial charge in [-0.15, -0.1) is 5.10 Å². The molecule has 1 saturated carbocycles. The van der Waals surface area contributed by atoms with Crippen molar-refractivity contribution < 1.29 is 14.9 Å². The number of nitrogens with two attached hydrogens (primary N) is 1. The Morgan fingerprint density at radius 3 is 2.74 bits per heavy atom. The van der Waals surface area contributed by atoms with Crippen LogP contribution in [0.1, 0.15) is 38.2 Å². The molecule has 1 fully saturated rings. The average molecular weight is 428 g/mol. The second-order valence-electron chi connectivity index (χ2n) is 7.65. The highest BCUT2D eigenvalue weighted by Crippen LogP contribution is 2.38. The number of anilines is 2. The third kappa shape index (κ3) is 4.13. The summed E-state index contributed by atoms with van der Waals surface area (Å²) < 4.78 is 6.72. The Morgan fingerprint density at radius 1 is 1.19 bits per heavy atom. The van der Waals surface area contributed by atoms with Crippen molar-refractivity contribution in [3.8, 4) is 17.2 Å². The molecule has 0 bridgehead atoms. The molecule has 166 valence electrons. The number of fused-ring (bicyclic) bond motifs is 1. The van der Waals surface area contributed by atoms with Crippen molar-refractivity contribution in [3.05, 3.63) is 17.7 Å². The molecule has 0 aliphatic heterocycles. The molecule has 4 rings (SSSR count). The van der Waals surface area contributed by atoms with Gasteiger partial charge in [-0.1, -0.05) is 18.1 Å². The molecule has 0 radical (unpaired) electrons. The number of hydrogen-bond donors (Lipinski definition) is 5. The van der Waals surface area contributed by atoms with Crippen LogP contribution in [0.2, 0.25) is 0 Å². The Labute approximate surface area is 179 Å². The Kier molecular flexibility index (Phi) is 5.94. The van der Waals surface area contributed by atoms with Crippen molar-refractivity contribution in [2.24, 2.45) is 5.73 Å². The first-order chi connectivity index (χ1) is 15.0. The van der Waals surface area contributed by atoms with E-state index in [1.54, 1.807) is 16.8 Å². The Morgan fingerprint density at radius 2 is 2.00 bits per heavy atom. The van der Waals surface area contributed by atoms with Gasteiger partial charge in [-0.3, -0.25) is 0 Å². The lowest BCUT2D eigenvalue weighted by atomic mass is 9.91. The molecule has 2 unspecified atom stereocenters. The molecular formula is C20H28N8O3. The number of aromatic nitrogens is 5. The Balaban J connectivity index is 1.63. The second-order valence-corrected chi connectivity index (χ2v) is 7.65. The highest BCUT2D eigenvalue weighted by atomic mass is 16.5. The zero-order valence-corrected chi connectivity index (χ0v) is 17.7. The summed E-state index contributed by atoms with van der Waals surface area (Å²) >= 11 is 0. The van der Waals surface area contributed by atoms with Crippen LogP contribution in [0, 0.1) is 0 Å². The standard InChI is InChI=1S/C20H28N8O3/c1-3-28-19-15(26-27-28)18(22-10-11-8-9-14(31-2)17(30)16(11)29)24-20(25-19)23-13-7-5-4-6-12(13)21/h8-9,12-13,29-30H,3-7,10,21H2,1-2H3,(H2,22,23,24,25). The summed E-state index contributed by atoms with van der Waals surface area (Å²) in [6.45, 7) is 2.78. The molecule has 0 spiro atoms. The number of nitrogens with zero attached hydrogens (tertiary/aromatic N) is 5. The van der Waals surface area contributed by atoms with Gasteiger partial charge in [0.1, 0.15) is 0 Å². The van der Waals surface area contributed by atoms with Crippen LogP contribution < -0.4 is 21.1 Å². The van der Waals surface area contributed by atoms with Crippen LogP contribution in [0.5, 0.6) is 17.2 Å². The van der Waals surface area contributed by atoms with Crippen LogP contribution in [-0.4, -0.2) is 54.4 Å². The van der Waals surface area contributed by atoms with Crippen molar-refractivity contribution in [1.29, 1.82) is 0 Å². The van der Waals surface area contributed by atoms with Crippen LogP contribution in [-0.2, 0) is 13.1 Å². The van der Waals surface area contributed by atoms with E-state index in [1.807, 2.05) is 6.92 Å². The summed E-state index contributed by atoms with van der Waals surface area (Å²) in [6, 6.07) is 3.42. The fraction of sp³-hybridized carbons (Fsp3) is 0.500. The smallest absolute Gasteiger partial charge is 0.227 e. The molecule has 2 aromatic heterocycles. The first-order valence-electron chi connectivity index (χ1n) is 10.5. The molecule has 3 aromatic rings. The number of ether oxygens (including phenoxy) is 1. The summed E-state index contributed by atoms with van der Waals surface area (Å²) in [5, 5.41) is 35.3. The largest absolute Gasteiger partial charge is 0.504 e. The number of aromatic hydroxyl groups is 2. The lowest BCUT2D eigenvalue weighted by molar-refractivity contribution is 0.349. The number of rotatable bonds is 7. The molecule has 0 saturated heterocycles. The zero-order valence-electron chi connectivity index (χ0n) is 17.7. The number of hydrogen-bond acceptors (Lipinski definition) is 10.